The largest absolute Gasteiger partial charge is 0.319 e. The Labute approximate surface area is 127 Å². The summed E-state index contributed by atoms with van der Waals surface area (Å²) in [5, 5.41) is 8.16. The number of halogens is 1. The number of pyridine rings is 1. The van der Waals surface area contributed by atoms with Crippen molar-refractivity contribution < 1.29 is 0 Å². The maximum Gasteiger partial charge on any atom is 0.160 e. The van der Waals surface area contributed by atoms with Crippen LogP contribution in [-0.2, 0) is 13.5 Å². The molecule has 0 aromatic carbocycles. The number of rotatable bonds is 4. The molecule has 1 atom stereocenters. The van der Waals surface area contributed by atoms with E-state index in [1.807, 2.05) is 30.7 Å². The Bertz CT molecular complexity index is 775. The zero-order chi connectivity index (χ0) is 15.0. The molecule has 3 heterocycles. The summed E-state index contributed by atoms with van der Waals surface area (Å²) in [4.78, 5) is 9.30. The van der Waals surface area contributed by atoms with E-state index in [0.29, 0.717) is 12.3 Å². The molecule has 0 aliphatic carbocycles. The summed E-state index contributed by atoms with van der Waals surface area (Å²) in [6.45, 7) is 4.05. The fourth-order valence-corrected chi connectivity index (χ4v) is 2.74. The van der Waals surface area contributed by atoms with Gasteiger partial charge in [0.25, 0.3) is 0 Å². The van der Waals surface area contributed by atoms with Gasteiger partial charge in [-0.25, -0.2) is 9.97 Å². The van der Waals surface area contributed by atoms with Crippen LogP contribution in [0.15, 0.2) is 18.5 Å². The van der Waals surface area contributed by atoms with Gasteiger partial charge in [0.15, 0.2) is 11.5 Å². The van der Waals surface area contributed by atoms with E-state index in [-0.39, 0.29) is 6.04 Å². The summed E-state index contributed by atoms with van der Waals surface area (Å²) in [5.74, 6) is 2.32. The molecule has 3 aromatic heterocycles. The van der Waals surface area contributed by atoms with Crippen molar-refractivity contribution in [2.75, 3.05) is 5.88 Å². The van der Waals surface area contributed by atoms with Crippen molar-refractivity contribution in [3.63, 3.8) is 0 Å². The smallest absolute Gasteiger partial charge is 0.160 e. The molecule has 6 nitrogen and oxygen atoms in total. The zero-order valence-corrected chi connectivity index (χ0v) is 13.0. The molecule has 21 heavy (non-hydrogen) atoms. The molecular formula is C14H17ClN6. The maximum absolute atomic E-state index is 5.92. The number of hydrogen-bond donors (Lipinski definition) is 0. The highest BCUT2D eigenvalue weighted by Crippen LogP contribution is 2.24. The quantitative estimate of drug-likeness (QED) is 0.694. The molecule has 0 spiro atoms. The van der Waals surface area contributed by atoms with Gasteiger partial charge in [-0.1, -0.05) is 0 Å². The first-order chi connectivity index (χ1) is 10.1. The molecule has 1 unspecified atom stereocenters. The Balaban J connectivity index is 2.21. The second-order valence-corrected chi connectivity index (χ2v) is 5.49. The van der Waals surface area contributed by atoms with Gasteiger partial charge in [0.05, 0.1) is 6.04 Å². The van der Waals surface area contributed by atoms with Gasteiger partial charge in [-0.05, 0) is 26.0 Å². The average molecular weight is 305 g/mol. The Hall–Kier alpha value is -1.95. The van der Waals surface area contributed by atoms with Crippen LogP contribution in [0.1, 0.15) is 30.3 Å². The molecule has 110 valence electrons. The monoisotopic (exact) mass is 304 g/mol. The summed E-state index contributed by atoms with van der Waals surface area (Å²) in [6.07, 6.45) is 2.39. The fourth-order valence-electron chi connectivity index (χ4n) is 2.57. The molecule has 0 saturated carbocycles. The number of aryl methyl sites for hydroxylation is 3. The SMILES string of the molecule is Cc1ccc2nc(CCCl)n(C(C)c3nncn3C)c2n1. The van der Waals surface area contributed by atoms with Gasteiger partial charge in [0, 0.05) is 25.0 Å². The second-order valence-electron chi connectivity index (χ2n) is 5.11. The first kappa shape index (κ1) is 14.0. The number of fused-ring (bicyclic) bond motifs is 1. The van der Waals surface area contributed by atoms with Crippen LogP contribution in [0.25, 0.3) is 11.2 Å². The highest BCUT2D eigenvalue weighted by atomic mass is 35.5. The van der Waals surface area contributed by atoms with Crippen LogP contribution in [0.2, 0.25) is 0 Å². The molecule has 0 bridgehead atoms. The van der Waals surface area contributed by atoms with Crippen molar-refractivity contribution in [1.29, 1.82) is 0 Å². The van der Waals surface area contributed by atoms with E-state index in [1.54, 1.807) is 6.33 Å². The lowest BCUT2D eigenvalue weighted by molar-refractivity contribution is 0.562. The number of imidazole rings is 1. The van der Waals surface area contributed by atoms with Gasteiger partial charge in [-0.15, -0.1) is 21.8 Å². The summed E-state index contributed by atoms with van der Waals surface area (Å²) >= 11 is 5.92. The molecule has 0 aliphatic heterocycles. The number of hydrogen-bond acceptors (Lipinski definition) is 4. The standard InChI is InChI=1S/C14H17ClN6/c1-9-4-5-11-14(17-9)21(12(18-11)6-7-15)10(2)13-19-16-8-20(13)3/h4-5,8,10H,6-7H2,1-3H3. The van der Waals surface area contributed by atoms with Crippen molar-refractivity contribution in [1.82, 2.24) is 29.3 Å². The summed E-state index contributed by atoms with van der Waals surface area (Å²) in [5.41, 5.74) is 2.71. The van der Waals surface area contributed by atoms with E-state index in [9.17, 15) is 0 Å². The summed E-state index contributed by atoms with van der Waals surface area (Å²) in [6, 6.07) is 3.96. The lowest BCUT2D eigenvalue weighted by atomic mass is 10.3. The summed E-state index contributed by atoms with van der Waals surface area (Å²) in [7, 11) is 1.94. The zero-order valence-electron chi connectivity index (χ0n) is 12.3. The molecule has 3 aromatic rings. The van der Waals surface area contributed by atoms with Crippen molar-refractivity contribution >= 4 is 22.8 Å². The Kier molecular flexibility index (Phi) is 3.63. The number of nitrogens with zero attached hydrogens (tertiary/aromatic N) is 6. The molecule has 0 radical (unpaired) electrons. The van der Waals surface area contributed by atoms with E-state index in [4.69, 9.17) is 11.6 Å². The minimum Gasteiger partial charge on any atom is -0.319 e. The minimum absolute atomic E-state index is 0.00461. The fraction of sp³-hybridized carbons (Fsp3) is 0.429. The van der Waals surface area contributed by atoms with Crippen LogP contribution in [0.4, 0.5) is 0 Å². The van der Waals surface area contributed by atoms with Crippen LogP contribution in [0, 0.1) is 6.92 Å². The molecule has 3 rings (SSSR count). The number of aromatic nitrogens is 6. The Morgan fingerprint density at radius 2 is 2.10 bits per heavy atom. The van der Waals surface area contributed by atoms with Crippen molar-refractivity contribution in [3.05, 3.63) is 35.8 Å². The molecule has 0 fully saturated rings. The normalized spacial score (nSPS) is 13.0. The molecule has 0 amide bonds. The van der Waals surface area contributed by atoms with Gasteiger partial charge in [0.1, 0.15) is 17.7 Å². The highest BCUT2D eigenvalue weighted by molar-refractivity contribution is 6.17. The van der Waals surface area contributed by atoms with Crippen molar-refractivity contribution in [3.8, 4) is 0 Å². The minimum atomic E-state index is -0.00461. The van der Waals surface area contributed by atoms with E-state index < -0.39 is 0 Å². The Morgan fingerprint density at radius 3 is 2.76 bits per heavy atom. The van der Waals surface area contributed by atoms with E-state index in [2.05, 4.69) is 31.7 Å². The molecule has 0 N–H and O–H groups in total. The number of alkyl halides is 1. The predicted octanol–water partition coefficient (Wildman–Crippen LogP) is 2.26. The topological polar surface area (TPSA) is 61.4 Å². The molecule has 0 aliphatic rings. The van der Waals surface area contributed by atoms with Crippen LogP contribution in [0.3, 0.4) is 0 Å². The Morgan fingerprint density at radius 1 is 1.29 bits per heavy atom. The van der Waals surface area contributed by atoms with Crippen LogP contribution >= 0.6 is 11.6 Å². The molecule has 0 saturated heterocycles. The van der Waals surface area contributed by atoms with E-state index >= 15 is 0 Å². The van der Waals surface area contributed by atoms with Gasteiger partial charge in [-0.2, -0.15) is 0 Å². The van der Waals surface area contributed by atoms with Crippen LogP contribution < -0.4 is 0 Å². The second kappa shape index (κ2) is 5.44. The third-order valence-electron chi connectivity index (χ3n) is 3.58. The molecular weight excluding hydrogens is 288 g/mol. The van der Waals surface area contributed by atoms with Gasteiger partial charge in [0.2, 0.25) is 0 Å². The summed E-state index contributed by atoms with van der Waals surface area (Å²) < 4.78 is 4.02. The van der Waals surface area contributed by atoms with Crippen LogP contribution in [-0.4, -0.2) is 35.2 Å². The molecule has 7 heteroatoms. The predicted molar refractivity (Wildman–Crippen MR) is 81.5 cm³/mol. The van der Waals surface area contributed by atoms with Crippen molar-refractivity contribution in [2.45, 2.75) is 26.3 Å². The first-order valence-electron chi connectivity index (χ1n) is 6.86. The van der Waals surface area contributed by atoms with Gasteiger partial charge < -0.3 is 9.13 Å². The van der Waals surface area contributed by atoms with Gasteiger partial charge in [-0.3, -0.25) is 0 Å². The third kappa shape index (κ3) is 2.40. The van der Waals surface area contributed by atoms with E-state index in [1.165, 1.54) is 0 Å². The maximum atomic E-state index is 5.92. The van der Waals surface area contributed by atoms with Gasteiger partial charge >= 0.3 is 0 Å². The average Bonchev–Trinajstić information content (AvgIpc) is 3.02. The highest BCUT2D eigenvalue weighted by Gasteiger charge is 2.21. The van der Waals surface area contributed by atoms with E-state index in [0.717, 1.165) is 28.5 Å². The lowest BCUT2D eigenvalue weighted by Crippen LogP contribution is -2.15. The first-order valence-corrected chi connectivity index (χ1v) is 7.39. The lowest BCUT2D eigenvalue weighted by Gasteiger charge is -2.16. The van der Waals surface area contributed by atoms with Crippen LogP contribution in [0.5, 0.6) is 0 Å². The van der Waals surface area contributed by atoms with Crippen molar-refractivity contribution in [2.24, 2.45) is 7.05 Å². The third-order valence-corrected chi connectivity index (χ3v) is 3.76.